The molecule has 0 spiro atoms. The summed E-state index contributed by atoms with van der Waals surface area (Å²) in [5.41, 5.74) is 4.34. The van der Waals surface area contributed by atoms with Crippen LogP contribution in [0.25, 0.3) is 0 Å². The van der Waals surface area contributed by atoms with Crippen molar-refractivity contribution in [2.45, 2.75) is 50.3 Å². The normalized spacial score (nSPS) is 19.4. The smallest absolute Gasteiger partial charge is 0.0646 e. The number of hydrogen-bond acceptors (Lipinski definition) is 4. The van der Waals surface area contributed by atoms with Gasteiger partial charge in [-0.3, -0.25) is 11.3 Å². The first-order chi connectivity index (χ1) is 8.31. The lowest BCUT2D eigenvalue weighted by molar-refractivity contribution is 0.514. The Morgan fingerprint density at radius 1 is 1.47 bits per heavy atom. The fraction of sp³-hybridized carbons (Fsp3) is 0.692. The fourth-order valence-corrected chi connectivity index (χ4v) is 4.89. The van der Waals surface area contributed by atoms with Gasteiger partial charge in [0.2, 0.25) is 0 Å². The van der Waals surface area contributed by atoms with Crippen molar-refractivity contribution in [3.8, 4) is 0 Å². The van der Waals surface area contributed by atoms with Crippen LogP contribution in [0.15, 0.2) is 11.4 Å². The predicted molar refractivity (Wildman–Crippen MR) is 78.5 cm³/mol. The Morgan fingerprint density at radius 3 is 2.82 bits per heavy atom. The topological polar surface area (TPSA) is 38.0 Å². The largest absolute Gasteiger partial charge is 0.271 e. The Morgan fingerprint density at radius 2 is 2.24 bits per heavy atom. The van der Waals surface area contributed by atoms with E-state index < -0.39 is 0 Å². The molecule has 0 amide bonds. The third-order valence-corrected chi connectivity index (χ3v) is 6.07. The number of thioether (sulfide) groups is 1. The summed E-state index contributed by atoms with van der Waals surface area (Å²) in [6, 6.07) is 2.50. The Balaban J connectivity index is 1.85. The Hall–Kier alpha value is -0.0300. The molecule has 2 nitrogen and oxygen atoms in total. The predicted octanol–water partition coefficient (Wildman–Crippen LogP) is 3.63. The summed E-state index contributed by atoms with van der Waals surface area (Å²) in [4.78, 5) is 1.40. The van der Waals surface area contributed by atoms with Crippen molar-refractivity contribution in [3.63, 3.8) is 0 Å². The van der Waals surface area contributed by atoms with Crippen LogP contribution in [0.3, 0.4) is 0 Å². The molecule has 1 aliphatic rings. The summed E-state index contributed by atoms with van der Waals surface area (Å²) >= 11 is 3.91. The van der Waals surface area contributed by atoms with Gasteiger partial charge in [0.05, 0.1) is 6.04 Å². The van der Waals surface area contributed by atoms with Crippen LogP contribution in [0.2, 0.25) is 0 Å². The highest BCUT2D eigenvalue weighted by atomic mass is 32.2. The molecule has 0 saturated heterocycles. The van der Waals surface area contributed by atoms with Crippen molar-refractivity contribution in [2.24, 2.45) is 5.84 Å². The summed E-state index contributed by atoms with van der Waals surface area (Å²) in [6.45, 7) is 2.17. The number of aryl methyl sites for hydroxylation is 1. The molecular formula is C13H22N2S2. The molecule has 4 heteroatoms. The molecule has 1 unspecified atom stereocenters. The van der Waals surface area contributed by atoms with Crippen LogP contribution in [-0.2, 0) is 0 Å². The van der Waals surface area contributed by atoms with E-state index >= 15 is 0 Å². The molecule has 1 saturated carbocycles. The van der Waals surface area contributed by atoms with Gasteiger partial charge in [0.25, 0.3) is 0 Å². The molecule has 0 bridgehead atoms. The number of hydrogen-bond donors (Lipinski definition) is 2. The molecule has 1 aromatic rings. The second-order valence-electron chi connectivity index (χ2n) is 4.78. The average Bonchev–Trinajstić information content (AvgIpc) is 2.78. The van der Waals surface area contributed by atoms with Crippen LogP contribution in [0.5, 0.6) is 0 Å². The first-order valence-corrected chi connectivity index (χ1v) is 8.36. The van der Waals surface area contributed by atoms with Gasteiger partial charge in [0.1, 0.15) is 0 Å². The van der Waals surface area contributed by atoms with E-state index in [1.165, 1.54) is 42.5 Å². The molecule has 0 radical (unpaired) electrons. The molecule has 1 heterocycles. The quantitative estimate of drug-likeness (QED) is 0.634. The minimum Gasteiger partial charge on any atom is -0.271 e. The monoisotopic (exact) mass is 270 g/mol. The van der Waals surface area contributed by atoms with Gasteiger partial charge in [0.15, 0.2) is 0 Å². The van der Waals surface area contributed by atoms with E-state index in [1.54, 1.807) is 0 Å². The van der Waals surface area contributed by atoms with Crippen LogP contribution in [0.4, 0.5) is 0 Å². The lowest BCUT2D eigenvalue weighted by Crippen LogP contribution is -2.30. The van der Waals surface area contributed by atoms with Crippen molar-refractivity contribution in [1.29, 1.82) is 0 Å². The maximum atomic E-state index is 5.69. The molecule has 0 aliphatic heterocycles. The zero-order valence-corrected chi connectivity index (χ0v) is 12.1. The molecule has 1 aliphatic carbocycles. The SMILES string of the molecule is Cc1ccsc1C(CSC1CCCCC1)NN. The van der Waals surface area contributed by atoms with Crippen molar-refractivity contribution < 1.29 is 0 Å². The van der Waals surface area contributed by atoms with Crippen molar-refractivity contribution in [3.05, 3.63) is 21.9 Å². The summed E-state index contributed by atoms with van der Waals surface area (Å²) in [7, 11) is 0. The van der Waals surface area contributed by atoms with Gasteiger partial charge >= 0.3 is 0 Å². The minimum atomic E-state index is 0.321. The minimum absolute atomic E-state index is 0.321. The van der Waals surface area contributed by atoms with E-state index in [-0.39, 0.29) is 0 Å². The molecule has 2 rings (SSSR count). The molecule has 0 aromatic carbocycles. The third kappa shape index (κ3) is 3.71. The molecule has 3 N–H and O–H groups in total. The Labute approximate surface area is 112 Å². The van der Waals surface area contributed by atoms with E-state index in [4.69, 9.17) is 5.84 Å². The van der Waals surface area contributed by atoms with Crippen molar-refractivity contribution >= 4 is 23.1 Å². The summed E-state index contributed by atoms with van der Waals surface area (Å²) in [6.07, 6.45) is 7.04. The molecule has 17 heavy (non-hydrogen) atoms. The molecule has 1 atom stereocenters. The van der Waals surface area contributed by atoms with Crippen LogP contribution in [-0.4, -0.2) is 11.0 Å². The van der Waals surface area contributed by atoms with Crippen LogP contribution >= 0.6 is 23.1 Å². The first-order valence-electron chi connectivity index (χ1n) is 6.43. The molecule has 1 aromatic heterocycles. The van der Waals surface area contributed by atoms with Gasteiger partial charge in [-0.1, -0.05) is 19.3 Å². The van der Waals surface area contributed by atoms with E-state index in [0.717, 1.165) is 11.0 Å². The highest BCUT2D eigenvalue weighted by Gasteiger charge is 2.18. The van der Waals surface area contributed by atoms with Gasteiger partial charge in [-0.2, -0.15) is 11.8 Å². The van der Waals surface area contributed by atoms with Gasteiger partial charge in [-0.15, -0.1) is 11.3 Å². The van der Waals surface area contributed by atoms with E-state index in [1.807, 2.05) is 11.3 Å². The highest BCUT2D eigenvalue weighted by molar-refractivity contribution is 7.99. The highest BCUT2D eigenvalue weighted by Crippen LogP contribution is 2.32. The average molecular weight is 270 g/mol. The van der Waals surface area contributed by atoms with Gasteiger partial charge in [-0.05, 0) is 36.8 Å². The third-order valence-electron chi connectivity index (χ3n) is 3.47. The number of rotatable bonds is 5. The lowest BCUT2D eigenvalue weighted by Gasteiger charge is -2.23. The molecule has 96 valence electrons. The zero-order chi connectivity index (χ0) is 12.1. The second kappa shape index (κ2) is 6.78. The van der Waals surface area contributed by atoms with Crippen molar-refractivity contribution in [1.82, 2.24) is 5.43 Å². The first kappa shape index (κ1) is 13.4. The second-order valence-corrected chi connectivity index (χ2v) is 7.06. The molecular weight excluding hydrogens is 248 g/mol. The number of thiophene rings is 1. The van der Waals surface area contributed by atoms with Crippen LogP contribution < -0.4 is 11.3 Å². The Bertz CT molecular complexity index is 332. The fourth-order valence-electron chi connectivity index (χ4n) is 2.41. The zero-order valence-electron chi connectivity index (χ0n) is 10.4. The van der Waals surface area contributed by atoms with E-state index in [2.05, 4.69) is 35.6 Å². The van der Waals surface area contributed by atoms with Gasteiger partial charge in [-0.25, -0.2) is 0 Å². The summed E-state index contributed by atoms with van der Waals surface area (Å²) in [5.74, 6) is 6.79. The van der Waals surface area contributed by atoms with Crippen LogP contribution in [0.1, 0.15) is 48.6 Å². The molecule has 1 fully saturated rings. The van der Waals surface area contributed by atoms with E-state index in [0.29, 0.717) is 6.04 Å². The Kier molecular flexibility index (Phi) is 5.35. The standard InChI is InChI=1S/C13H22N2S2/c1-10-7-8-16-13(10)12(15-14)9-17-11-5-3-2-4-6-11/h7-8,11-12,15H,2-6,9,14H2,1H3. The van der Waals surface area contributed by atoms with Gasteiger partial charge in [0, 0.05) is 15.9 Å². The van der Waals surface area contributed by atoms with Gasteiger partial charge < -0.3 is 0 Å². The number of nitrogens with two attached hydrogens (primary N) is 1. The van der Waals surface area contributed by atoms with E-state index in [9.17, 15) is 0 Å². The number of hydrazine groups is 1. The summed E-state index contributed by atoms with van der Waals surface area (Å²) < 4.78 is 0. The van der Waals surface area contributed by atoms with Crippen LogP contribution in [0, 0.1) is 6.92 Å². The maximum Gasteiger partial charge on any atom is 0.0646 e. The number of nitrogens with one attached hydrogen (secondary N) is 1. The lowest BCUT2D eigenvalue weighted by atomic mass is 10.0. The summed E-state index contributed by atoms with van der Waals surface area (Å²) in [5, 5.41) is 3.01. The van der Waals surface area contributed by atoms with Crippen molar-refractivity contribution in [2.75, 3.05) is 5.75 Å². The maximum absolute atomic E-state index is 5.69.